The van der Waals surface area contributed by atoms with Gasteiger partial charge in [0.05, 0.1) is 0 Å². The normalized spacial score (nSPS) is 10.6. The summed E-state index contributed by atoms with van der Waals surface area (Å²) in [5.74, 6) is 0.0303. The molecule has 0 atom stereocenters. The molecule has 0 aliphatic rings. The Bertz CT molecular complexity index is 971. The summed E-state index contributed by atoms with van der Waals surface area (Å²) in [5.41, 5.74) is 1.17. The van der Waals surface area contributed by atoms with E-state index >= 15 is 0 Å². The van der Waals surface area contributed by atoms with Crippen molar-refractivity contribution >= 4 is 17.5 Å². The van der Waals surface area contributed by atoms with E-state index in [0.717, 1.165) is 12.0 Å². The van der Waals surface area contributed by atoms with Crippen molar-refractivity contribution in [3.63, 3.8) is 0 Å². The van der Waals surface area contributed by atoms with Crippen LogP contribution in [0.1, 0.15) is 29.3 Å². The standard InChI is InChI=1S/C20H19ClN4O2/c1-2-10-25(13-14-5-7-16(21)8-6-14)20(27)17-12-23-18(24-19(17)26)15-4-3-9-22-11-15/h3-9,11-12H,2,10,13H2,1H3,(H,23,24,26). The Labute approximate surface area is 161 Å². The first kappa shape index (κ1) is 18.8. The summed E-state index contributed by atoms with van der Waals surface area (Å²) >= 11 is 5.92. The Morgan fingerprint density at radius 3 is 2.59 bits per heavy atom. The van der Waals surface area contributed by atoms with Gasteiger partial charge in [-0.2, -0.15) is 0 Å². The molecule has 138 valence electrons. The molecule has 0 saturated carbocycles. The van der Waals surface area contributed by atoms with Crippen molar-refractivity contribution < 1.29 is 4.79 Å². The Morgan fingerprint density at radius 1 is 1.19 bits per heavy atom. The number of carbonyl (C=O) groups excluding carboxylic acids is 1. The fourth-order valence-corrected chi connectivity index (χ4v) is 2.83. The largest absolute Gasteiger partial charge is 0.334 e. The molecule has 2 heterocycles. The maximum absolute atomic E-state index is 12.9. The molecule has 0 bridgehead atoms. The first-order chi connectivity index (χ1) is 13.1. The van der Waals surface area contributed by atoms with Gasteiger partial charge in [-0.25, -0.2) is 4.98 Å². The minimum atomic E-state index is -0.467. The topological polar surface area (TPSA) is 79.0 Å². The van der Waals surface area contributed by atoms with E-state index in [2.05, 4.69) is 15.0 Å². The lowest BCUT2D eigenvalue weighted by Gasteiger charge is -2.22. The lowest BCUT2D eigenvalue weighted by molar-refractivity contribution is 0.0741. The Balaban J connectivity index is 1.85. The Hall–Kier alpha value is -2.99. The number of amides is 1. The molecule has 7 heteroatoms. The summed E-state index contributed by atoms with van der Waals surface area (Å²) in [6, 6.07) is 10.8. The van der Waals surface area contributed by atoms with Crippen molar-refractivity contribution in [3.8, 4) is 11.4 Å². The SMILES string of the molecule is CCCN(Cc1ccc(Cl)cc1)C(=O)c1cnc(-c2cccnc2)[nH]c1=O. The van der Waals surface area contributed by atoms with Gasteiger partial charge in [0.2, 0.25) is 0 Å². The fraction of sp³-hybridized carbons (Fsp3) is 0.200. The van der Waals surface area contributed by atoms with Gasteiger partial charge in [-0.1, -0.05) is 30.7 Å². The van der Waals surface area contributed by atoms with Crippen molar-refractivity contribution in [1.82, 2.24) is 19.9 Å². The zero-order chi connectivity index (χ0) is 19.2. The fourth-order valence-electron chi connectivity index (χ4n) is 2.70. The van der Waals surface area contributed by atoms with Crippen LogP contribution in [0, 0.1) is 0 Å². The highest BCUT2D eigenvalue weighted by Gasteiger charge is 2.19. The first-order valence-electron chi connectivity index (χ1n) is 8.62. The van der Waals surface area contributed by atoms with Crippen LogP contribution in [0.4, 0.5) is 0 Å². The van der Waals surface area contributed by atoms with Crippen molar-refractivity contribution in [2.75, 3.05) is 6.54 Å². The number of hydrogen-bond acceptors (Lipinski definition) is 4. The highest BCUT2D eigenvalue weighted by atomic mass is 35.5. The van der Waals surface area contributed by atoms with E-state index in [1.165, 1.54) is 6.20 Å². The predicted molar refractivity (Wildman–Crippen MR) is 105 cm³/mol. The van der Waals surface area contributed by atoms with E-state index in [1.807, 2.05) is 19.1 Å². The minimum absolute atomic E-state index is 0.0186. The Kier molecular flexibility index (Phi) is 5.98. The lowest BCUT2D eigenvalue weighted by Crippen LogP contribution is -2.35. The molecule has 3 rings (SSSR count). The van der Waals surface area contributed by atoms with Crippen molar-refractivity contribution in [2.24, 2.45) is 0 Å². The van der Waals surface area contributed by atoms with Gasteiger partial charge in [-0.3, -0.25) is 14.6 Å². The molecule has 1 aromatic carbocycles. The van der Waals surface area contributed by atoms with Crippen LogP contribution >= 0.6 is 11.6 Å². The zero-order valence-electron chi connectivity index (χ0n) is 14.9. The second-order valence-electron chi connectivity index (χ2n) is 6.07. The molecular formula is C20H19ClN4O2. The molecule has 0 unspecified atom stereocenters. The maximum atomic E-state index is 12.9. The molecule has 0 aliphatic carbocycles. The van der Waals surface area contributed by atoms with E-state index in [9.17, 15) is 9.59 Å². The lowest BCUT2D eigenvalue weighted by atomic mass is 10.2. The number of benzene rings is 1. The molecule has 27 heavy (non-hydrogen) atoms. The average molecular weight is 383 g/mol. The summed E-state index contributed by atoms with van der Waals surface area (Å²) in [5, 5.41) is 0.638. The van der Waals surface area contributed by atoms with Crippen LogP contribution in [0.2, 0.25) is 5.02 Å². The van der Waals surface area contributed by atoms with Gasteiger partial charge in [0.1, 0.15) is 11.4 Å². The first-order valence-corrected chi connectivity index (χ1v) is 8.99. The molecule has 0 radical (unpaired) electrons. The molecule has 3 aromatic rings. The molecular weight excluding hydrogens is 364 g/mol. The Morgan fingerprint density at radius 2 is 1.96 bits per heavy atom. The van der Waals surface area contributed by atoms with E-state index in [4.69, 9.17) is 11.6 Å². The summed E-state index contributed by atoms with van der Waals surface area (Å²) in [7, 11) is 0. The number of aromatic nitrogens is 3. The third-order valence-electron chi connectivity index (χ3n) is 4.03. The number of nitrogens with one attached hydrogen (secondary N) is 1. The van der Waals surface area contributed by atoms with Crippen LogP contribution in [0.5, 0.6) is 0 Å². The zero-order valence-corrected chi connectivity index (χ0v) is 15.6. The van der Waals surface area contributed by atoms with Gasteiger partial charge in [0.15, 0.2) is 0 Å². The van der Waals surface area contributed by atoms with Crippen molar-refractivity contribution in [3.05, 3.63) is 81.5 Å². The van der Waals surface area contributed by atoms with Gasteiger partial charge >= 0.3 is 0 Å². The van der Waals surface area contributed by atoms with E-state index in [0.29, 0.717) is 29.5 Å². The molecule has 0 fully saturated rings. The highest BCUT2D eigenvalue weighted by molar-refractivity contribution is 6.30. The number of carbonyl (C=O) groups is 1. The predicted octanol–water partition coefficient (Wildman–Crippen LogP) is 3.54. The molecule has 0 aliphatic heterocycles. The van der Waals surface area contributed by atoms with Crippen LogP contribution in [0.25, 0.3) is 11.4 Å². The van der Waals surface area contributed by atoms with Gasteiger partial charge in [0, 0.05) is 42.3 Å². The van der Waals surface area contributed by atoms with E-state index in [1.54, 1.807) is 41.6 Å². The number of halogens is 1. The minimum Gasteiger partial charge on any atom is -0.334 e. The van der Waals surface area contributed by atoms with Crippen molar-refractivity contribution in [2.45, 2.75) is 19.9 Å². The summed E-state index contributed by atoms with van der Waals surface area (Å²) in [6.07, 6.45) is 5.34. The summed E-state index contributed by atoms with van der Waals surface area (Å²) in [4.78, 5) is 37.9. The smallest absolute Gasteiger partial charge is 0.264 e. The monoisotopic (exact) mass is 382 g/mol. The number of rotatable bonds is 6. The van der Waals surface area contributed by atoms with Gasteiger partial charge in [0.25, 0.3) is 11.5 Å². The van der Waals surface area contributed by atoms with Gasteiger partial charge in [-0.15, -0.1) is 0 Å². The number of H-pyrrole nitrogens is 1. The number of pyridine rings is 1. The van der Waals surface area contributed by atoms with Crippen LogP contribution in [-0.4, -0.2) is 32.3 Å². The highest BCUT2D eigenvalue weighted by Crippen LogP contribution is 2.14. The average Bonchev–Trinajstić information content (AvgIpc) is 2.69. The second kappa shape index (κ2) is 8.60. The quantitative estimate of drug-likeness (QED) is 0.707. The second-order valence-corrected chi connectivity index (χ2v) is 6.51. The van der Waals surface area contributed by atoms with Crippen LogP contribution in [0.3, 0.4) is 0 Å². The molecule has 1 amide bonds. The van der Waals surface area contributed by atoms with Gasteiger partial charge in [-0.05, 0) is 36.2 Å². The number of hydrogen-bond donors (Lipinski definition) is 1. The van der Waals surface area contributed by atoms with E-state index < -0.39 is 5.56 Å². The number of aromatic amines is 1. The third kappa shape index (κ3) is 4.60. The molecule has 6 nitrogen and oxygen atoms in total. The summed E-state index contributed by atoms with van der Waals surface area (Å²) < 4.78 is 0. The van der Waals surface area contributed by atoms with Gasteiger partial charge < -0.3 is 9.88 Å². The molecule has 1 N–H and O–H groups in total. The van der Waals surface area contributed by atoms with Crippen LogP contribution < -0.4 is 5.56 Å². The summed E-state index contributed by atoms with van der Waals surface area (Å²) in [6.45, 7) is 2.91. The molecule has 0 spiro atoms. The molecule has 2 aromatic heterocycles. The van der Waals surface area contributed by atoms with Crippen LogP contribution in [0.15, 0.2) is 59.8 Å². The van der Waals surface area contributed by atoms with Crippen molar-refractivity contribution in [1.29, 1.82) is 0 Å². The van der Waals surface area contributed by atoms with Crippen LogP contribution in [-0.2, 0) is 6.54 Å². The maximum Gasteiger partial charge on any atom is 0.264 e. The third-order valence-corrected chi connectivity index (χ3v) is 4.28. The molecule has 0 saturated heterocycles. The van der Waals surface area contributed by atoms with E-state index in [-0.39, 0.29) is 11.5 Å². The number of nitrogens with zero attached hydrogens (tertiary/aromatic N) is 3.